The van der Waals surface area contributed by atoms with Gasteiger partial charge in [0.25, 0.3) is 0 Å². The SMILES string of the molecule is Cc1nc(C2CCCN2Cc2ccccc2F)no1. The van der Waals surface area contributed by atoms with Crippen LogP contribution in [0, 0.1) is 12.7 Å². The Labute approximate surface area is 111 Å². The van der Waals surface area contributed by atoms with Gasteiger partial charge in [-0.05, 0) is 25.5 Å². The van der Waals surface area contributed by atoms with Gasteiger partial charge in [0.1, 0.15) is 5.82 Å². The molecule has 1 aliphatic rings. The van der Waals surface area contributed by atoms with E-state index < -0.39 is 0 Å². The lowest BCUT2D eigenvalue weighted by atomic mass is 10.1. The first-order chi connectivity index (χ1) is 9.24. The van der Waals surface area contributed by atoms with Crippen molar-refractivity contribution in [2.45, 2.75) is 32.4 Å². The Bertz CT molecular complexity index is 569. The molecule has 0 radical (unpaired) electrons. The molecule has 4 nitrogen and oxygen atoms in total. The summed E-state index contributed by atoms with van der Waals surface area (Å²) in [5, 5.41) is 3.99. The molecule has 1 unspecified atom stereocenters. The van der Waals surface area contributed by atoms with Gasteiger partial charge in [-0.25, -0.2) is 4.39 Å². The molecule has 5 heteroatoms. The van der Waals surface area contributed by atoms with Gasteiger partial charge in [-0.3, -0.25) is 4.90 Å². The minimum atomic E-state index is -0.155. The molecule has 0 saturated carbocycles. The van der Waals surface area contributed by atoms with Crippen molar-refractivity contribution in [3.8, 4) is 0 Å². The number of aryl methyl sites for hydroxylation is 1. The molecule has 1 aromatic carbocycles. The number of likely N-dealkylation sites (tertiary alicyclic amines) is 1. The molecular weight excluding hydrogens is 245 g/mol. The molecule has 1 atom stereocenters. The number of aromatic nitrogens is 2. The van der Waals surface area contributed by atoms with Gasteiger partial charge in [-0.2, -0.15) is 4.98 Å². The van der Waals surface area contributed by atoms with Crippen molar-refractivity contribution in [1.29, 1.82) is 0 Å². The Hall–Kier alpha value is -1.75. The van der Waals surface area contributed by atoms with Crippen molar-refractivity contribution in [3.63, 3.8) is 0 Å². The van der Waals surface area contributed by atoms with E-state index in [1.165, 1.54) is 6.07 Å². The van der Waals surface area contributed by atoms with Crippen LogP contribution in [0.3, 0.4) is 0 Å². The Kier molecular flexibility index (Phi) is 3.29. The fourth-order valence-corrected chi connectivity index (χ4v) is 2.60. The van der Waals surface area contributed by atoms with Gasteiger partial charge in [0.15, 0.2) is 5.82 Å². The average Bonchev–Trinajstić information content (AvgIpc) is 3.01. The molecule has 3 rings (SSSR count). The molecule has 1 aliphatic heterocycles. The zero-order valence-electron chi connectivity index (χ0n) is 10.8. The van der Waals surface area contributed by atoms with Crippen molar-refractivity contribution >= 4 is 0 Å². The van der Waals surface area contributed by atoms with Crippen LogP contribution in [0.2, 0.25) is 0 Å². The van der Waals surface area contributed by atoms with E-state index in [2.05, 4.69) is 15.0 Å². The minimum absolute atomic E-state index is 0.136. The van der Waals surface area contributed by atoms with E-state index in [-0.39, 0.29) is 11.9 Å². The molecule has 0 bridgehead atoms. The summed E-state index contributed by atoms with van der Waals surface area (Å²) in [5.41, 5.74) is 0.717. The number of halogens is 1. The highest BCUT2D eigenvalue weighted by molar-refractivity contribution is 5.17. The van der Waals surface area contributed by atoms with E-state index in [1.54, 1.807) is 13.0 Å². The van der Waals surface area contributed by atoms with Crippen molar-refractivity contribution in [3.05, 3.63) is 47.4 Å². The predicted octanol–water partition coefficient (Wildman–Crippen LogP) is 2.85. The summed E-state index contributed by atoms with van der Waals surface area (Å²) in [7, 11) is 0. The molecule has 1 aromatic heterocycles. The highest BCUT2D eigenvalue weighted by Gasteiger charge is 2.30. The van der Waals surface area contributed by atoms with Gasteiger partial charge in [0, 0.05) is 19.0 Å². The van der Waals surface area contributed by atoms with Gasteiger partial charge in [-0.15, -0.1) is 0 Å². The first-order valence-electron chi connectivity index (χ1n) is 6.51. The standard InChI is InChI=1S/C14H16FN3O/c1-10-16-14(17-19-10)13-7-4-8-18(13)9-11-5-2-3-6-12(11)15/h2-3,5-6,13H,4,7-9H2,1H3. The van der Waals surface area contributed by atoms with E-state index in [4.69, 9.17) is 4.52 Å². The van der Waals surface area contributed by atoms with Crippen LogP contribution >= 0.6 is 0 Å². The van der Waals surface area contributed by atoms with Crippen LogP contribution in [0.15, 0.2) is 28.8 Å². The summed E-state index contributed by atoms with van der Waals surface area (Å²) < 4.78 is 18.7. The zero-order valence-corrected chi connectivity index (χ0v) is 10.8. The van der Waals surface area contributed by atoms with E-state index in [0.717, 1.165) is 24.9 Å². The number of hydrogen-bond donors (Lipinski definition) is 0. The van der Waals surface area contributed by atoms with E-state index in [9.17, 15) is 4.39 Å². The summed E-state index contributed by atoms with van der Waals surface area (Å²) in [5.74, 6) is 1.14. The fourth-order valence-electron chi connectivity index (χ4n) is 2.60. The van der Waals surface area contributed by atoms with Gasteiger partial charge in [0.2, 0.25) is 5.89 Å². The summed E-state index contributed by atoms with van der Waals surface area (Å²) in [6.45, 7) is 3.31. The average molecular weight is 261 g/mol. The third-order valence-electron chi connectivity index (χ3n) is 3.54. The third kappa shape index (κ3) is 2.51. The van der Waals surface area contributed by atoms with Gasteiger partial charge in [-0.1, -0.05) is 23.4 Å². The Morgan fingerprint density at radius 3 is 3.00 bits per heavy atom. The van der Waals surface area contributed by atoms with Crippen LogP contribution in [-0.4, -0.2) is 21.6 Å². The molecule has 0 N–H and O–H groups in total. The van der Waals surface area contributed by atoms with Crippen molar-refractivity contribution in [2.24, 2.45) is 0 Å². The summed E-state index contributed by atoms with van der Waals surface area (Å²) in [6.07, 6.45) is 2.07. The molecule has 0 spiro atoms. The van der Waals surface area contributed by atoms with Crippen molar-refractivity contribution in [2.75, 3.05) is 6.54 Å². The number of hydrogen-bond acceptors (Lipinski definition) is 4. The summed E-state index contributed by atoms with van der Waals surface area (Å²) in [6, 6.07) is 7.03. The van der Waals surface area contributed by atoms with E-state index in [0.29, 0.717) is 18.3 Å². The molecule has 19 heavy (non-hydrogen) atoms. The van der Waals surface area contributed by atoms with E-state index in [1.807, 2.05) is 12.1 Å². The third-order valence-corrected chi connectivity index (χ3v) is 3.54. The minimum Gasteiger partial charge on any atom is -0.340 e. The highest BCUT2D eigenvalue weighted by atomic mass is 19.1. The van der Waals surface area contributed by atoms with Gasteiger partial charge < -0.3 is 4.52 Å². The lowest BCUT2D eigenvalue weighted by Crippen LogP contribution is -2.24. The van der Waals surface area contributed by atoms with Crippen LogP contribution in [0.1, 0.15) is 36.2 Å². The van der Waals surface area contributed by atoms with Gasteiger partial charge in [0.05, 0.1) is 6.04 Å². The molecular formula is C14H16FN3O. The smallest absolute Gasteiger partial charge is 0.223 e. The molecule has 100 valence electrons. The maximum atomic E-state index is 13.7. The second-order valence-corrected chi connectivity index (χ2v) is 4.89. The van der Waals surface area contributed by atoms with E-state index >= 15 is 0 Å². The van der Waals surface area contributed by atoms with Gasteiger partial charge >= 0.3 is 0 Å². The number of rotatable bonds is 3. The van der Waals surface area contributed by atoms with Crippen molar-refractivity contribution in [1.82, 2.24) is 15.0 Å². The molecule has 0 aliphatic carbocycles. The molecule has 1 saturated heterocycles. The van der Waals surface area contributed by atoms with Crippen LogP contribution in [-0.2, 0) is 6.54 Å². The summed E-state index contributed by atoms with van der Waals surface area (Å²) in [4.78, 5) is 6.50. The molecule has 2 heterocycles. The quantitative estimate of drug-likeness (QED) is 0.852. The maximum absolute atomic E-state index is 13.7. The second-order valence-electron chi connectivity index (χ2n) is 4.89. The van der Waals surface area contributed by atoms with Crippen LogP contribution in [0.25, 0.3) is 0 Å². The first-order valence-corrected chi connectivity index (χ1v) is 6.51. The van der Waals surface area contributed by atoms with Crippen LogP contribution in [0.5, 0.6) is 0 Å². The monoisotopic (exact) mass is 261 g/mol. The Morgan fingerprint density at radius 1 is 1.42 bits per heavy atom. The largest absolute Gasteiger partial charge is 0.340 e. The first kappa shape index (κ1) is 12.3. The molecule has 1 fully saturated rings. The summed E-state index contributed by atoms with van der Waals surface area (Å²) >= 11 is 0. The van der Waals surface area contributed by atoms with Crippen molar-refractivity contribution < 1.29 is 8.91 Å². The lowest BCUT2D eigenvalue weighted by molar-refractivity contribution is 0.231. The van der Waals surface area contributed by atoms with Crippen LogP contribution in [0.4, 0.5) is 4.39 Å². The second kappa shape index (κ2) is 5.09. The lowest BCUT2D eigenvalue weighted by Gasteiger charge is -2.22. The molecule has 2 aromatic rings. The fraction of sp³-hybridized carbons (Fsp3) is 0.429. The zero-order chi connectivity index (χ0) is 13.2. The topological polar surface area (TPSA) is 42.2 Å². The Morgan fingerprint density at radius 2 is 2.26 bits per heavy atom. The highest BCUT2D eigenvalue weighted by Crippen LogP contribution is 2.31. The predicted molar refractivity (Wildman–Crippen MR) is 67.8 cm³/mol. The van der Waals surface area contributed by atoms with Crippen LogP contribution < -0.4 is 0 Å². The molecule has 0 amide bonds. The normalized spacial score (nSPS) is 20.0. The number of nitrogens with zero attached hydrogens (tertiary/aromatic N) is 3. The maximum Gasteiger partial charge on any atom is 0.223 e. The number of benzene rings is 1. The Balaban J connectivity index is 1.79.